The third-order valence-corrected chi connectivity index (χ3v) is 10.4. The van der Waals surface area contributed by atoms with Gasteiger partial charge in [-0.1, -0.05) is 115 Å². The van der Waals surface area contributed by atoms with Crippen molar-refractivity contribution in [1.29, 1.82) is 10.5 Å². The monoisotopic (exact) mass is 687 g/mol. The molecule has 0 aliphatic heterocycles. The first-order valence-corrected chi connectivity index (χ1v) is 17.8. The summed E-state index contributed by atoms with van der Waals surface area (Å²) in [6, 6.07) is 64.9. The van der Waals surface area contributed by atoms with Crippen LogP contribution in [0.2, 0.25) is 0 Å². The summed E-state index contributed by atoms with van der Waals surface area (Å²) in [5.41, 5.74) is 11.6. The summed E-state index contributed by atoms with van der Waals surface area (Å²) in [5, 5.41) is 23.9. The molecule has 0 amide bonds. The van der Waals surface area contributed by atoms with Gasteiger partial charge in [0, 0.05) is 21.5 Å². The Bertz CT molecular complexity index is 3150. The highest BCUT2D eigenvalue weighted by atomic mass is 15.1. The molecule has 0 spiro atoms. The maximum atomic E-state index is 9.82. The Labute approximate surface area is 311 Å². The third-order valence-electron chi connectivity index (χ3n) is 10.4. The molecular weight excluding hydrogens is 659 g/mol. The van der Waals surface area contributed by atoms with Crippen LogP contribution in [0.1, 0.15) is 11.1 Å². The zero-order valence-electron chi connectivity index (χ0n) is 29.0. The lowest BCUT2D eigenvalue weighted by molar-refractivity contribution is 1.01. The van der Waals surface area contributed by atoms with Crippen LogP contribution in [0.5, 0.6) is 0 Å². The van der Waals surface area contributed by atoms with E-state index in [0.29, 0.717) is 11.1 Å². The summed E-state index contributed by atoms with van der Waals surface area (Å²) in [6.07, 6.45) is 0. The number of benzene rings is 7. The molecule has 250 valence electrons. The summed E-state index contributed by atoms with van der Waals surface area (Å²) in [5.74, 6) is 1.56. The van der Waals surface area contributed by atoms with Crippen molar-refractivity contribution >= 4 is 43.6 Å². The van der Waals surface area contributed by atoms with Gasteiger partial charge in [-0.25, -0.2) is 4.98 Å². The molecule has 0 atom stereocenters. The summed E-state index contributed by atoms with van der Waals surface area (Å²) >= 11 is 0. The molecule has 3 heterocycles. The number of aromatic nitrogens is 3. The molecule has 0 N–H and O–H groups in total. The Balaban J connectivity index is 1.29. The molecule has 10 aromatic rings. The fraction of sp³-hybridized carbons (Fsp3) is 0. The molecule has 0 unspecified atom stereocenters. The van der Waals surface area contributed by atoms with Crippen molar-refractivity contribution in [2.24, 2.45) is 0 Å². The van der Waals surface area contributed by atoms with Gasteiger partial charge >= 0.3 is 0 Å². The van der Waals surface area contributed by atoms with Gasteiger partial charge in [0.2, 0.25) is 0 Å². The average molecular weight is 688 g/mol. The SMILES string of the molecule is N#Cc1cccc(-c2ccccc2-c2ccccc2-c2cc(-n3c4ccccc4c4ccccc43)nc(-n3c4ccccc4c4cc(C#N)ccc43)c2)c1. The largest absolute Gasteiger partial charge is 0.294 e. The van der Waals surface area contributed by atoms with Crippen molar-refractivity contribution < 1.29 is 0 Å². The highest BCUT2D eigenvalue weighted by Crippen LogP contribution is 2.41. The molecular formula is C49H29N5. The lowest BCUT2D eigenvalue weighted by atomic mass is 9.89. The quantitative estimate of drug-likeness (QED) is 0.181. The highest BCUT2D eigenvalue weighted by molar-refractivity contribution is 6.10. The smallest absolute Gasteiger partial charge is 0.140 e. The van der Waals surface area contributed by atoms with E-state index >= 15 is 0 Å². The van der Waals surface area contributed by atoms with Gasteiger partial charge in [-0.05, 0) is 94.0 Å². The summed E-state index contributed by atoms with van der Waals surface area (Å²) in [7, 11) is 0. The van der Waals surface area contributed by atoms with Crippen LogP contribution in [-0.4, -0.2) is 14.1 Å². The van der Waals surface area contributed by atoms with Crippen LogP contribution in [0, 0.1) is 22.7 Å². The van der Waals surface area contributed by atoms with E-state index in [0.717, 1.165) is 88.6 Å². The van der Waals surface area contributed by atoms with E-state index in [4.69, 9.17) is 4.98 Å². The van der Waals surface area contributed by atoms with Crippen molar-refractivity contribution in [2.75, 3.05) is 0 Å². The second kappa shape index (κ2) is 12.5. The second-order valence-corrected chi connectivity index (χ2v) is 13.4. The summed E-state index contributed by atoms with van der Waals surface area (Å²) < 4.78 is 4.49. The van der Waals surface area contributed by atoms with Crippen LogP contribution < -0.4 is 0 Å². The molecule has 0 bridgehead atoms. The van der Waals surface area contributed by atoms with Crippen molar-refractivity contribution in [1.82, 2.24) is 14.1 Å². The van der Waals surface area contributed by atoms with E-state index < -0.39 is 0 Å². The van der Waals surface area contributed by atoms with Gasteiger partial charge in [-0.2, -0.15) is 10.5 Å². The lowest BCUT2D eigenvalue weighted by Crippen LogP contribution is -2.04. The molecule has 0 aliphatic carbocycles. The van der Waals surface area contributed by atoms with Crippen LogP contribution in [0.15, 0.2) is 176 Å². The van der Waals surface area contributed by atoms with Crippen LogP contribution in [0.4, 0.5) is 0 Å². The van der Waals surface area contributed by atoms with Crippen LogP contribution in [0.25, 0.3) is 88.6 Å². The number of hydrogen-bond acceptors (Lipinski definition) is 3. The minimum Gasteiger partial charge on any atom is -0.294 e. The Morgan fingerprint density at radius 1 is 0.352 bits per heavy atom. The van der Waals surface area contributed by atoms with Crippen LogP contribution in [0.3, 0.4) is 0 Å². The molecule has 5 nitrogen and oxygen atoms in total. The van der Waals surface area contributed by atoms with Crippen molar-refractivity contribution in [3.05, 3.63) is 187 Å². The Morgan fingerprint density at radius 3 is 1.35 bits per heavy atom. The molecule has 0 saturated heterocycles. The zero-order valence-corrected chi connectivity index (χ0v) is 29.0. The van der Waals surface area contributed by atoms with Gasteiger partial charge in [0.15, 0.2) is 0 Å². The fourth-order valence-electron chi connectivity index (χ4n) is 8.04. The molecule has 0 fully saturated rings. The number of hydrogen-bond donors (Lipinski definition) is 0. The van der Waals surface area contributed by atoms with Gasteiger partial charge < -0.3 is 0 Å². The van der Waals surface area contributed by atoms with Crippen LogP contribution in [-0.2, 0) is 0 Å². The van der Waals surface area contributed by atoms with Crippen molar-refractivity contribution in [3.63, 3.8) is 0 Å². The predicted octanol–water partition coefficient (Wildman–Crippen LogP) is 12.0. The first-order valence-electron chi connectivity index (χ1n) is 17.8. The van der Waals surface area contributed by atoms with Crippen LogP contribution >= 0.6 is 0 Å². The molecule has 3 aromatic heterocycles. The third kappa shape index (κ3) is 4.88. The summed E-state index contributed by atoms with van der Waals surface area (Å²) in [6.45, 7) is 0. The first-order chi connectivity index (χ1) is 26.7. The number of rotatable bonds is 5. The Kier molecular flexibility index (Phi) is 7.18. The Morgan fingerprint density at radius 2 is 0.796 bits per heavy atom. The minimum atomic E-state index is 0.617. The predicted molar refractivity (Wildman–Crippen MR) is 219 cm³/mol. The number of fused-ring (bicyclic) bond motifs is 6. The van der Waals surface area contributed by atoms with E-state index in [9.17, 15) is 10.5 Å². The molecule has 0 radical (unpaired) electrons. The molecule has 5 heteroatoms. The molecule has 7 aromatic carbocycles. The standard InChI is InChI=1S/C49H29N5/c50-30-32-12-11-13-34(26-32)36-14-1-3-16-38(36)39-17-4-2-15-37(39)35-28-48(53-44-21-8-5-18-40(44)41-19-6-9-22-45(41)53)52-49(29-35)54-46-23-10-7-20-42(46)43-27-33(31-51)24-25-47(43)54/h1-29H. The first kappa shape index (κ1) is 31.0. The van der Waals surface area contributed by atoms with E-state index in [2.05, 4.69) is 143 Å². The Hall–Kier alpha value is -7.73. The minimum absolute atomic E-state index is 0.617. The normalized spacial score (nSPS) is 11.3. The number of para-hydroxylation sites is 3. The van der Waals surface area contributed by atoms with Gasteiger partial charge in [0.25, 0.3) is 0 Å². The number of nitriles is 2. The second-order valence-electron chi connectivity index (χ2n) is 13.4. The van der Waals surface area contributed by atoms with Gasteiger partial charge in [0.05, 0.1) is 45.3 Å². The van der Waals surface area contributed by atoms with E-state index in [1.807, 2.05) is 54.6 Å². The number of nitrogens with zero attached hydrogens (tertiary/aromatic N) is 5. The van der Waals surface area contributed by atoms with E-state index in [1.54, 1.807) is 0 Å². The molecule has 0 aliphatic rings. The van der Waals surface area contributed by atoms with Gasteiger partial charge in [0.1, 0.15) is 11.6 Å². The lowest BCUT2D eigenvalue weighted by Gasteiger charge is -2.18. The average Bonchev–Trinajstić information content (AvgIpc) is 3.76. The van der Waals surface area contributed by atoms with Gasteiger partial charge in [-0.3, -0.25) is 9.13 Å². The fourth-order valence-corrected chi connectivity index (χ4v) is 8.04. The van der Waals surface area contributed by atoms with Gasteiger partial charge in [-0.15, -0.1) is 0 Å². The van der Waals surface area contributed by atoms with E-state index in [1.165, 1.54) is 0 Å². The maximum Gasteiger partial charge on any atom is 0.140 e. The van der Waals surface area contributed by atoms with E-state index in [-0.39, 0.29) is 0 Å². The number of pyridine rings is 1. The summed E-state index contributed by atoms with van der Waals surface area (Å²) in [4.78, 5) is 5.50. The molecule has 54 heavy (non-hydrogen) atoms. The topological polar surface area (TPSA) is 70.3 Å². The zero-order chi connectivity index (χ0) is 36.2. The molecule has 0 saturated carbocycles. The highest BCUT2D eigenvalue weighted by Gasteiger charge is 2.20. The van der Waals surface area contributed by atoms with Crippen molar-refractivity contribution in [3.8, 4) is 57.2 Å². The molecule has 10 rings (SSSR count). The van der Waals surface area contributed by atoms with Crippen molar-refractivity contribution in [2.45, 2.75) is 0 Å². The maximum absolute atomic E-state index is 9.82.